The Balaban J connectivity index is 1.97. The lowest BCUT2D eigenvalue weighted by Crippen LogP contribution is -2.06. The van der Waals surface area contributed by atoms with Crippen LogP contribution in [0.25, 0.3) is 5.65 Å². The first-order valence-electron chi connectivity index (χ1n) is 6.86. The summed E-state index contributed by atoms with van der Waals surface area (Å²) in [6, 6.07) is 8.18. The average molecular weight is 393 g/mol. The van der Waals surface area contributed by atoms with Crippen molar-refractivity contribution < 1.29 is 0 Å². The first-order valence-corrected chi connectivity index (χ1v) is 7.94. The summed E-state index contributed by atoms with van der Waals surface area (Å²) in [4.78, 5) is 8.99. The fourth-order valence-electron chi connectivity index (χ4n) is 2.06. The van der Waals surface area contributed by atoms with Crippen molar-refractivity contribution in [2.75, 3.05) is 17.2 Å². The van der Waals surface area contributed by atoms with Gasteiger partial charge in [0.25, 0.3) is 0 Å². The first-order chi connectivity index (χ1) is 10.3. The van der Waals surface area contributed by atoms with Crippen LogP contribution in [0.1, 0.15) is 13.3 Å². The minimum atomic E-state index is 0.753. The van der Waals surface area contributed by atoms with E-state index in [9.17, 15) is 0 Å². The number of fused-ring (bicyclic) bond motifs is 1. The van der Waals surface area contributed by atoms with E-state index in [4.69, 9.17) is 0 Å². The second kappa shape index (κ2) is 6.30. The van der Waals surface area contributed by atoms with Gasteiger partial charge in [-0.3, -0.25) is 0 Å². The second-order valence-corrected chi connectivity index (χ2v) is 5.94. The fraction of sp³-hybridized carbons (Fsp3) is 0.200. The van der Waals surface area contributed by atoms with E-state index in [0.29, 0.717) is 0 Å². The van der Waals surface area contributed by atoms with E-state index in [1.807, 2.05) is 28.9 Å². The highest BCUT2D eigenvalue weighted by Crippen LogP contribution is 2.22. The molecule has 21 heavy (non-hydrogen) atoms. The molecule has 0 aliphatic heterocycles. The maximum absolute atomic E-state index is 4.63. The lowest BCUT2D eigenvalue weighted by Gasteiger charge is -2.11. The van der Waals surface area contributed by atoms with Gasteiger partial charge in [0.1, 0.15) is 5.82 Å². The number of hydrogen-bond acceptors (Lipinski definition) is 4. The summed E-state index contributed by atoms with van der Waals surface area (Å²) in [5.41, 5.74) is 1.82. The molecule has 0 saturated heterocycles. The van der Waals surface area contributed by atoms with Crippen LogP contribution in [0, 0.1) is 3.57 Å². The Morgan fingerprint density at radius 2 is 2.24 bits per heavy atom. The van der Waals surface area contributed by atoms with Gasteiger partial charge in [0.05, 0.1) is 6.20 Å². The number of nitrogens with zero attached hydrogens (tertiary/aromatic N) is 3. The molecule has 5 nitrogen and oxygen atoms in total. The summed E-state index contributed by atoms with van der Waals surface area (Å²) < 4.78 is 3.15. The molecule has 3 aromatic rings. The highest BCUT2D eigenvalue weighted by molar-refractivity contribution is 14.1. The van der Waals surface area contributed by atoms with Crippen molar-refractivity contribution in [2.45, 2.75) is 13.3 Å². The van der Waals surface area contributed by atoms with E-state index in [2.05, 4.69) is 62.2 Å². The lowest BCUT2D eigenvalue weighted by molar-refractivity contribution is 0.962. The lowest BCUT2D eigenvalue weighted by atomic mass is 10.3. The highest BCUT2D eigenvalue weighted by Gasteiger charge is 2.08. The smallest absolute Gasteiger partial charge is 0.180 e. The maximum atomic E-state index is 4.63. The summed E-state index contributed by atoms with van der Waals surface area (Å²) >= 11 is 2.30. The standard InChI is InChI=1S/C15H16IN5/c1-2-6-17-13-10-21-8-7-18-15(21)14(20-13)19-12-5-3-4-11(16)9-12/h3-5,7-10,17H,2,6H2,1H3,(H,19,20). The molecule has 0 bridgehead atoms. The Labute approximate surface area is 137 Å². The fourth-order valence-corrected chi connectivity index (χ4v) is 2.60. The number of imidazole rings is 1. The van der Waals surface area contributed by atoms with Crippen molar-refractivity contribution in [1.82, 2.24) is 14.4 Å². The summed E-state index contributed by atoms with van der Waals surface area (Å²) in [6.07, 6.45) is 6.72. The third-order valence-corrected chi connectivity index (χ3v) is 3.69. The maximum Gasteiger partial charge on any atom is 0.180 e. The van der Waals surface area contributed by atoms with E-state index >= 15 is 0 Å². The second-order valence-electron chi connectivity index (χ2n) is 4.69. The van der Waals surface area contributed by atoms with Crippen LogP contribution in [-0.4, -0.2) is 20.9 Å². The molecule has 0 unspecified atom stereocenters. The molecule has 0 aliphatic rings. The molecule has 108 valence electrons. The number of benzene rings is 1. The molecule has 2 N–H and O–H groups in total. The van der Waals surface area contributed by atoms with Gasteiger partial charge in [-0.2, -0.15) is 0 Å². The summed E-state index contributed by atoms with van der Waals surface area (Å²) in [6.45, 7) is 3.03. The van der Waals surface area contributed by atoms with Crippen LogP contribution in [0.4, 0.5) is 17.3 Å². The third kappa shape index (κ3) is 3.26. The molecule has 3 rings (SSSR count). The highest BCUT2D eigenvalue weighted by atomic mass is 127. The van der Waals surface area contributed by atoms with E-state index in [1.165, 1.54) is 3.57 Å². The molecular weight excluding hydrogens is 377 g/mol. The van der Waals surface area contributed by atoms with Crippen molar-refractivity contribution in [1.29, 1.82) is 0 Å². The van der Waals surface area contributed by atoms with Gasteiger partial charge >= 0.3 is 0 Å². The summed E-state index contributed by atoms with van der Waals surface area (Å²) in [5.74, 6) is 1.60. The molecule has 2 heterocycles. The molecule has 1 aromatic carbocycles. The van der Waals surface area contributed by atoms with Gasteiger partial charge in [-0.1, -0.05) is 13.0 Å². The molecule has 6 heteroatoms. The van der Waals surface area contributed by atoms with Gasteiger partial charge in [0, 0.05) is 28.2 Å². The minimum Gasteiger partial charge on any atom is -0.369 e. The first kappa shape index (κ1) is 14.1. The Hall–Kier alpha value is -1.83. The molecule has 0 amide bonds. The van der Waals surface area contributed by atoms with Gasteiger partial charge in [-0.05, 0) is 47.2 Å². The molecule has 0 aliphatic carbocycles. The van der Waals surface area contributed by atoms with E-state index in [-0.39, 0.29) is 0 Å². The van der Waals surface area contributed by atoms with Gasteiger partial charge in [-0.25, -0.2) is 9.97 Å². The van der Waals surface area contributed by atoms with Gasteiger partial charge < -0.3 is 15.0 Å². The van der Waals surface area contributed by atoms with Crippen LogP contribution < -0.4 is 10.6 Å². The van der Waals surface area contributed by atoms with Crippen LogP contribution in [0.15, 0.2) is 42.9 Å². The van der Waals surface area contributed by atoms with Crippen LogP contribution in [0.2, 0.25) is 0 Å². The monoisotopic (exact) mass is 393 g/mol. The number of halogens is 1. The SMILES string of the molecule is CCCNc1cn2ccnc2c(Nc2cccc(I)c2)n1. The predicted octanol–water partition coefficient (Wildman–Crippen LogP) is 3.90. The molecular formula is C15H16IN5. The third-order valence-electron chi connectivity index (χ3n) is 3.02. The van der Waals surface area contributed by atoms with E-state index in [0.717, 1.165) is 35.9 Å². The Bertz CT molecular complexity index is 753. The average Bonchev–Trinajstić information content (AvgIpc) is 2.94. The zero-order chi connectivity index (χ0) is 14.7. The Morgan fingerprint density at radius 3 is 3.05 bits per heavy atom. The summed E-state index contributed by atoms with van der Waals surface area (Å²) in [5, 5.41) is 6.66. The molecule has 2 aromatic heterocycles. The number of anilines is 3. The molecule has 0 saturated carbocycles. The normalized spacial score (nSPS) is 10.8. The number of hydrogen-bond donors (Lipinski definition) is 2. The van der Waals surface area contributed by atoms with Crippen LogP contribution in [0.3, 0.4) is 0 Å². The minimum absolute atomic E-state index is 0.753. The van der Waals surface area contributed by atoms with Crippen LogP contribution in [0.5, 0.6) is 0 Å². The Kier molecular flexibility index (Phi) is 4.23. The number of nitrogens with one attached hydrogen (secondary N) is 2. The topological polar surface area (TPSA) is 54.2 Å². The number of aromatic nitrogens is 3. The van der Waals surface area contributed by atoms with Crippen molar-refractivity contribution in [2.24, 2.45) is 0 Å². The van der Waals surface area contributed by atoms with Crippen molar-refractivity contribution >= 4 is 45.6 Å². The van der Waals surface area contributed by atoms with Gasteiger partial charge in [0.15, 0.2) is 11.5 Å². The summed E-state index contributed by atoms with van der Waals surface area (Å²) in [7, 11) is 0. The zero-order valence-electron chi connectivity index (χ0n) is 11.7. The number of rotatable bonds is 5. The van der Waals surface area contributed by atoms with Crippen molar-refractivity contribution in [3.63, 3.8) is 0 Å². The molecule has 0 fully saturated rings. The van der Waals surface area contributed by atoms with Crippen LogP contribution >= 0.6 is 22.6 Å². The van der Waals surface area contributed by atoms with E-state index < -0.39 is 0 Å². The van der Waals surface area contributed by atoms with Crippen LogP contribution in [-0.2, 0) is 0 Å². The van der Waals surface area contributed by atoms with Gasteiger partial charge in [0.2, 0.25) is 0 Å². The zero-order valence-corrected chi connectivity index (χ0v) is 13.8. The predicted molar refractivity (Wildman–Crippen MR) is 94.2 cm³/mol. The molecule has 0 radical (unpaired) electrons. The molecule has 0 spiro atoms. The van der Waals surface area contributed by atoms with Crippen molar-refractivity contribution in [3.8, 4) is 0 Å². The Morgan fingerprint density at radius 1 is 1.33 bits per heavy atom. The van der Waals surface area contributed by atoms with Crippen molar-refractivity contribution in [3.05, 3.63) is 46.4 Å². The largest absolute Gasteiger partial charge is 0.369 e. The quantitative estimate of drug-likeness (QED) is 0.646. The molecule has 0 atom stereocenters. The van der Waals surface area contributed by atoms with E-state index in [1.54, 1.807) is 6.20 Å². The van der Waals surface area contributed by atoms with Gasteiger partial charge in [-0.15, -0.1) is 0 Å².